The zero-order valence-corrected chi connectivity index (χ0v) is 10.7. The molecule has 2 aliphatic rings. The molecule has 5 nitrogen and oxygen atoms in total. The fourth-order valence-corrected chi connectivity index (χ4v) is 2.54. The lowest BCUT2D eigenvalue weighted by molar-refractivity contribution is -0.136. The molecule has 102 valence electrons. The Labute approximate surface area is 108 Å². The fourth-order valence-electron chi connectivity index (χ4n) is 2.54. The van der Waals surface area contributed by atoms with Crippen molar-refractivity contribution in [2.24, 2.45) is 11.8 Å². The zero-order chi connectivity index (χ0) is 13.0. The number of nitrogens with one attached hydrogen (secondary N) is 1. The highest BCUT2D eigenvalue weighted by Crippen LogP contribution is 2.33. The van der Waals surface area contributed by atoms with Crippen LogP contribution in [0.25, 0.3) is 0 Å². The topological polar surface area (TPSA) is 69.6 Å². The lowest BCUT2D eigenvalue weighted by Gasteiger charge is -2.33. The molecule has 2 N–H and O–H groups in total. The predicted octanol–water partition coefficient (Wildman–Crippen LogP) is 0.699. The smallest absolute Gasteiger partial charge is 0.317 e. The van der Waals surface area contributed by atoms with Crippen LogP contribution in [0.4, 0.5) is 0 Å². The molecule has 5 heteroatoms. The highest BCUT2D eigenvalue weighted by molar-refractivity contribution is 5.76. The zero-order valence-electron chi connectivity index (χ0n) is 10.7. The van der Waals surface area contributed by atoms with E-state index in [1.165, 1.54) is 12.8 Å². The Morgan fingerprint density at radius 2 is 2.00 bits per heavy atom. The molecular formula is C13H22N2O3. The van der Waals surface area contributed by atoms with Crippen LogP contribution in [0.15, 0.2) is 0 Å². The number of nitrogens with zero attached hydrogens (tertiary/aromatic N) is 1. The summed E-state index contributed by atoms with van der Waals surface area (Å²) >= 11 is 0. The fraction of sp³-hybridized carbons (Fsp3) is 0.846. The number of piperidine rings is 1. The Balaban J connectivity index is 1.69. The molecule has 0 bridgehead atoms. The van der Waals surface area contributed by atoms with E-state index in [0.29, 0.717) is 24.3 Å². The molecule has 0 aromatic heterocycles. The van der Waals surface area contributed by atoms with E-state index in [9.17, 15) is 9.59 Å². The Hall–Kier alpha value is -1.10. The summed E-state index contributed by atoms with van der Waals surface area (Å²) in [5.74, 6) is 0.511. The van der Waals surface area contributed by atoms with E-state index in [4.69, 9.17) is 5.11 Å². The van der Waals surface area contributed by atoms with E-state index < -0.39 is 5.97 Å². The number of amides is 1. The maximum atomic E-state index is 12.0. The minimum Gasteiger partial charge on any atom is -0.480 e. The van der Waals surface area contributed by atoms with Crippen LogP contribution in [0.1, 0.15) is 32.1 Å². The molecule has 1 amide bonds. The maximum Gasteiger partial charge on any atom is 0.317 e. The number of hydrogen-bond acceptors (Lipinski definition) is 3. The molecule has 0 aromatic carbocycles. The predicted molar refractivity (Wildman–Crippen MR) is 67.2 cm³/mol. The molecule has 1 aliphatic carbocycles. The van der Waals surface area contributed by atoms with Crippen LogP contribution in [0.5, 0.6) is 0 Å². The second-order valence-electron chi connectivity index (χ2n) is 5.52. The number of carbonyl (C=O) groups is 2. The molecular weight excluding hydrogens is 232 g/mol. The molecule has 1 aliphatic heterocycles. The van der Waals surface area contributed by atoms with Gasteiger partial charge in [-0.15, -0.1) is 0 Å². The largest absolute Gasteiger partial charge is 0.480 e. The molecule has 1 unspecified atom stereocenters. The molecule has 2 fully saturated rings. The molecule has 2 rings (SSSR count). The van der Waals surface area contributed by atoms with Crippen molar-refractivity contribution in [3.63, 3.8) is 0 Å². The van der Waals surface area contributed by atoms with Crippen molar-refractivity contribution in [3.05, 3.63) is 0 Å². The molecule has 1 saturated heterocycles. The van der Waals surface area contributed by atoms with Crippen molar-refractivity contribution < 1.29 is 14.7 Å². The van der Waals surface area contributed by atoms with E-state index in [1.54, 1.807) is 0 Å². The highest BCUT2D eigenvalue weighted by atomic mass is 16.4. The lowest BCUT2D eigenvalue weighted by Crippen LogP contribution is -2.43. The molecule has 1 atom stereocenters. The summed E-state index contributed by atoms with van der Waals surface area (Å²) in [5, 5.41) is 11.5. The van der Waals surface area contributed by atoms with Gasteiger partial charge in [-0.3, -0.25) is 9.59 Å². The summed E-state index contributed by atoms with van der Waals surface area (Å²) in [5.41, 5.74) is 0. The molecule has 1 saturated carbocycles. The maximum absolute atomic E-state index is 12.0. The number of hydrogen-bond donors (Lipinski definition) is 2. The van der Waals surface area contributed by atoms with Gasteiger partial charge < -0.3 is 15.3 Å². The first-order valence-corrected chi connectivity index (χ1v) is 6.85. The van der Waals surface area contributed by atoms with Gasteiger partial charge in [0.2, 0.25) is 5.91 Å². The lowest BCUT2D eigenvalue weighted by atomic mass is 9.97. The third kappa shape index (κ3) is 4.29. The Kier molecular flexibility index (Phi) is 4.58. The van der Waals surface area contributed by atoms with Crippen LogP contribution in [-0.4, -0.2) is 48.1 Å². The van der Waals surface area contributed by atoms with Crippen LogP contribution >= 0.6 is 0 Å². The van der Waals surface area contributed by atoms with E-state index in [-0.39, 0.29) is 6.54 Å². The van der Waals surface area contributed by atoms with Crippen LogP contribution in [-0.2, 0) is 9.59 Å². The number of carbonyl (C=O) groups excluding carboxylic acids is 1. The summed E-state index contributed by atoms with van der Waals surface area (Å²) in [4.78, 5) is 24.4. The van der Waals surface area contributed by atoms with Crippen molar-refractivity contribution in [1.82, 2.24) is 10.2 Å². The first-order chi connectivity index (χ1) is 8.65. The van der Waals surface area contributed by atoms with Gasteiger partial charge in [0.1, 0.15) is 0 Å². The minimum absolute atomic E-state index is 0.00647. The van der Waals surface area contributed by atoms with E-state index in [2.05, 4.69) is 5.32 Å². The van der Waals surface area contributed by atoms with Crippen molar-refractivity contribution in [2.45, 2.75) is 32.1 Å². The summed E-state index contributed by atoms with van der Waals surface area (Å²) in [6.45, 7) is 2.37. The van der Waals surface area contributed by atoms with E-state index in [1.807, 2.05) is 4.90 Å². The van der Waals surface area contributed by atoms with E-state index in [0.717, 1.165) is 32.4 Å². The van der Waals surface area contributed by atoms with Crippen LogP contribution in [0.3, 0.4) is 0 Å². The monoisotopic (exact) mass is 254 g/mol. The van der Waals surface area contributed by atoms with Gasteiger partial charge >= 0.3 is 5.97 Å². The molecule has 0 aromatic rings. The van der Waals surface area contributed by atoms with Gasteiger partial charge in [-0.25, -0.2) is 0 Å². The molecule has 1 heterocycles. The van der Waals surface area contributed by atoms with Crippen LogP contribution in [0.2, 0.25) is 0 Å². The van der Waals surface area contributed by atoms with Gasteiger partial charge in [0, 0.05) is 26.1 Å². The first kappa shape index (κ1) is 13.3. The Morgan fingerprint density at radius 1 is 1.22 bits per heavy atom. The van der Waals surface area contributed by atoms with Gasteiger partial charge in [0.05, 0.1) is 6.54 Å². The second-order valence-corrected chi connectivity index (χ2v) is 5.52. The third-order valence-corrected chi connectivity index (χ3v) is 3.74. The van der Waals surface area contributed by atoms with Gasteiger partial charge in [-0.2, -0.15) is 0 Å². The molecule has 18 heavy (non-hydrogen) atoms. The molecule has 0 radical (unpaired) electrons. The summed E-state index contributed by atoms with van der Waals surface area (Å²) in [7, 11) is 0. The van der Waals surface area contributed by atoms with E-state index >= 15 is 0 Å². The van der Waals surface area contributed by atoms with Crippen LogP contribution < -0.4 is 5.32 Å². The number of likely N-dealkylation sites (tertiary alicyclic amines) is 1. The van der Waals surface area contributed by atoms with Crippen LogP contribution in [0, 0.1) is 11.8 Å². The number of carboxylic acids is 1. The summed E-state index contributed by atoms with van der Waals surface area (Å²) in [6.07, 6.45) is 5.26. The van der Waals surface area contributed by atoms with Crippen molar-refractivity contribution in [3.8, 4) is 0 Å². The third-order valence-electron chi connectivity index (χ3n) is 3.74. The van der Waals surface area contributed by atoms with Gasteiger partial charge in [-0.05, 0) is 37.5 Å². The van der Waals surface area contributed by atoms with Gasteiger partial charge in [0.25, 0.3) is 0 Å². The molecule has 0 spiro atoms. The Morgan fingerprint density at radius 3 is 2.67 bits per heavy atom. The SMILES string of the molecule is O=C(O)CNCC1CCCN(C(=O)CC2CC2)C1. The first-order valence-electron chi connectivity index (χ1n) is 6.85. The second kappa shape index (κ2) is 6.18. The standard InChI is InChI=1S/C13H22N2O3/c16-12(6-10-3-4-10)15-5-1-2-11(9-15)7-14-8-13(17)18/h10-11,14H,1-9H2,(H,17,18). The average Bonchev–Trinajstić information content (AvgIpc) is 3.13. The van der Waals surface area contributed by atoms with Gasteiger partial charge in [-0.1, -0.05) is 0 Å². The Bertz CT molecular complexity index is 315. The summed E-state index contributed by atoms with van der Waals surface area (Å²) in [6, 6.07) is 0. The van der Waals surface area contributed by atoms with Crippen molar-refractivity contribution in [2.75, 3.05) is 26.2 Å². The number of rotatable bonds is 6. The highest BCUT2D eigenvalue weighted by Gasteiger charge is 2.29. The average molecular weight is 254 g/mol. The number of carboxylic acid groups (broad SMARTS) is 1. The summed E-state index contributed by atoms with van der Waals surface area (Å²) < 4.78 is 0. The quantitative estimate of drug-likeness (QED) is 0.732. The normalized spacial score (nSPS) is 24.0. The van der Waals surface area contributed by atoms with Gasteiger partial charge in [0.15, 0.2) is 0 Å². The van der Waals surface area contributed by atoms with Crippen molar-refractivity contribution in [1.29, 1.82) is 0 Å². The minimum atomic E-state index is -0.826. The van der Waals surface area contributed by atoms with Crippen molar-refractivity contribution >= 4 is 11.9 Å². The number of aliphatic carboxylic acids is 1.